The summed E-state index contributed by atoms with van der Waals surface area (Å²) in [6.45, 7) is 7.00. The lowest BCUT2D eigenvalue weighted by Crippen LogP contribution is -2.56. The molecule has 1 amide bonds. The maximum absolute atomic E-state index is 12.0. The van der Waals surface area contributed by atoms with Crippen LogP contribution in [0.25, 0.3) is 0 Å². The summed E-state index contributed by atoms with van der Waals surface area (Å²) in [5, 5.41) is 3.54. The SMILES string of the molecule is CN(C)C(=O)CN=C(NCC1CCOC1)N1CCN(C2CC3CCC2C3)CC1. The number of fused-ring (bicyclic) bond motifs is 2. The zero-order chi connectivity index (χ0) is 19.5. The molecule has 0 aromatic heterocycles. The molecule has 0 aromatic carbocycles. The van der Waals surface area contributed by atoms with Gasteiger partial charge in [0.05, 0.1) is 6.61 Å². The number of hydrogen-bond acceptors (Lipinski definition) is 4. The summed E-state index contributed by atoms with van der Waals surface area (Å²) in [4.78, 5) is 23.4. The fraction of sp³-hybridized carbons (Fsp3) is 0.905. The largest absolute Gasteiger partial charge is 0.381 e. The lowest BCUT2D eigenvalue weighted by molar-refractivity contribution is -0.127. The monoisotopic (exact) mass is 391 g/mol. The molecule has 2 saturated carbocycles. The molecule has 1 N–H and O–H groups in total. The molecule has 7 heteroatoms. The highest BCUT2D eigenvalue weighted by Crippen LogP contribution is 2.46. The Balaban J connectivity index is 1.32. The van der Waals surface area contributed by atoms with Crippen LogP contribution < -0.4 is 5.32 Å². The number of guanidine groups is 1. The van der Waals surface area contributed by atoms with Gasteiger partial charge in [0.15, 0.2) is 5.96 Å². The highest BCUT2D eigenvalue weighted by Gasteiger charge is 2.42. The second kappa shape index (κ2) is 8.99. The Morgan fingerprint density at radius 2 is 1.96 bits per heavy atom. The molecule has 2 heterocycles. The molecule has 2 saturated heterocycles. The maximum atomic E-state index is 12.0. The van der Waals surface area contributed by atoms with E-state index in [2.05, 4.69) is 20.1 Å². The summed E-state index contributed by atoms with van der Waals surface area (Å²) in [5.41, 5.74) is 0. The third-order valence-corrected chi connectivity index (χ3v) is 7.22. The van der Waals surface area contributed by atoms with Crippen molar-refractivity contribution in [2.45, 2.75) is 38.1 Å². The molecule has 4 unspecified atom stereocenters. The van der Waals surface area contributed by atoms with Crippen LogP contribution in [0.1, 0.15) is 32.1 Å². The smallest absolute Gasteiger partial charge is 0.243 e. The van der Waals surface area contributed by atoms with Crippen molar-refractivity contribution in [3.05, 3.63) is 0 Å². The van der Waals surface area contributed by atoms with E-state index in [1.165, 1.54) is 25.7 Å². The summed E-state index contributed by atoms with van der Waals surface area (Å²) in [7, 11) is 3.57. The van der Waals surface area contributed by atoms with E-state index in [0.29, 0.717) is 5.92 Å². The van der Waals surface area contributed by atoms with Crippen LogP contribution in [-0.4, -0.2) is 99.2 Å². The minimum Gasteiger partial charge on any atom is -0.381 e. The van der Waals surface area contributed by atoms with Gasteiger partial charge in [-0.25, -0.2) is 4.99 Å². The standard InChI is InChI=1S/C21H37N5O2/c1-24(2)20(27)14-23-21(22-13-17-5-10-28-15-17)26-8-6-25(7-9-26)19-12-16-3-4-18(19)11-16/h16-19H,3-15H2,1-2H3,(H,22,23). The number of rotatable bonds is 5. The van der Waals surface area contributed by atoms with E-state index in [1.807, 2.05) is 0 Å². The van der Waals surface area contributed by atoms with E-state index < -0.39 is 0 Å². The van der Waals surface area contributed by atoms with Crippen molar-refractivity contribution in [1.82, 2.24) is 20.0 Å². The lowest BCUT2D eigenvalue weighted by Gasteiger charge is -2.42. The average Bonchev–Trinajstić information content (AvgIpc) is 3.46. The van der Waals surface area contributed by atoms with Gasteiger partial charge in [0.1, 0.15) is 6.54 Å². The molecule has 2 bridgehead atoms. The number of nitrogens with zero attached hydrogens (tertiary/aromatic N) is 4. The van der Waals surface area contributed by atoms with Gasteiger partial charge in [-0.3, -0.25) is 9.69 Å². The van der Waals surface area contributed by atoms with Crippen molar-refractivity contribution in [3.8, 4) is 0 Å². The molecule has 2 aliphatic carbocycles. The van der Waals surface area contributed by atoms with Crippen molar-refractivity contribution in [1.29, 1.82) is 0 Å². The molecule has 2 aliphatic heterocycles. The van der Waals surface area contributed by atoms with Crippen molar-refractivity contribution >= 4 is 11.9 Å². The van der Waals surface area contributed by atoms with Crippen molar-refractivity contribution in [2.24, 2.45) is 22.7 Å². The van der Waals surface area contributed by atoms with E-state index in [0.717, 1.165) is 76.2 Å². The van der Waals surface area contributed by atoms with Gasteiger partial charge in [-0.2, -0.15) is 0 Å². The molecular formula is C21H37N5O2. The van der Waals surface area contributed by atoms with Crippen LogP contribution >= 0.6 is 0 Å². The molecule has 158 valence electrons. The zero-order valence-corrected chi connectivity index (χ0v) is 17.6. The Labute approximate surface area is 169 Å². The van der Waals surface area contributed by atoms with Crippen LogP contribution in [0.5, 0.6) is 0 Å². The summed E-state index contributed by atoms with van der Waals surface area (Å²) in [5.74, 6) is 3.43. The van der Waals surface area contributed by atoms with E-state index >= 15 is 0 Å². The molecule has 28 heavy (non-hydrogen) atoms. The number of piperazine rings is 1. The second-order valence-electron chi connectivity index (χ2n) is 9.30. The summed E-state index contributed by atoms with van der Waals surface area (Å²) < 4.78 is 5.50. The third-order valence-electron chi connectivity index (χ3n) is 7.22. The number of likely N-dealkylation sites (N-methyl/N-ethyl adjacent to an activating group) is 1. The summed E-state index contributed by atoms with van der Waals surface area (Å²) in [6, 6.07) is 0.820. The predicted molar refractivity (Wildman–Crippen MR) is 110 cm³/mol. The van der Waals surface area contributed by atoms with Gasteiger partial charge in [-0.15, -0.1) is 0 Å². The van der Waals surface area contributed by atoms with Crippen LogP contribution in [0.15, 0.2) is 4.99 Å². The number of carbonyl (C=O) groups excluding carboxylic acids is 1. The van der Waals surface area contributed by atoms with Crippen LogP contribution in [-0.2, 0) is 9.53 Å². The Morgan fingerprint density at radius 3 is 2.57 bits per heavy atom. The summed E-state index contributed by atoms with van der Waals surface area (Å²) >= 11 is 0. The van der Waals surface area contributed by atoms with Gasteiger partial charge >= 0.3 is 0 Å². The molecule has 4 aliphatic rings. The van der Waals surface area contributed by atoms with Gasteiger partial charge in [0.25, 0.3) is 0 Å². The Morgan fingerprint density at radius 1 is 1.14 bits per heavy atom. The average molecular weight is 392 g/mol. The Kier molecular flexibility index (Phi) is 6.41. The highest BCUT2D eigenvalue weighted by atomic mass is 16.5. The van der Waals surface area contributed by atoms with E-state index in [9.17, 15) is 4.79 Å². The topological polar surface area (TPSA) is 60.4 Å². The first-order valence-corrected chi connectivity index (χ1v) is 11.2. The number of nitrogens with one attached hydrogen (secondary N) is 1. The molecule has 4 rings (SSSR count). The fourth-order valence-corrected chi connectivity index (χ4v) is 5.46. The normalized spacial score (nSPS) is 33.5. The van der Waals surface area contributed by atoms with Crippen LogP contribution in [0.4, 0.5) is 0 Å². The molecule has 4 fully saturated rings. The second-order valence-corrected chi connectivity index (χ2v) is 9.30. The fourth-order valence-electron chi connectivity index (χ4n) is 5.46. The van der Waals surface area contributed by atoms with Gasteiger partial charge in [-0.1, -0.05) is 6.42 Å². The number of amides is 1. The van der Waals surface area contributed by atoms with Crippen molar-refractivity contribution in [2.75, 3.05) is 66.6 Å². The number of carbonyl (C=O) groups is 1. The van der Waals surface area contributed by atoms with Gasteiger partial charge in [0.2, 0.25) is 5.91 Å². The Hall–Kier alpha value is -1.34. The zero-order valence-electron chi connectivity index (χ0n) is 17.6. The molecular weight excluding hydrogens is 354 g/mol. The molecule has 0 aromatic rings. The summed E-state index contributed by atoms with van der Waals surface area (Å²) in [6.07, 6.45) is 6.90. The first-order valence-electron chi connectivity index (χ1n) is 11.2. The number of aliphatic imine (C=N–C) groups is 1. The first-order chi connectivity index (χ1) is 13.6. The van der Waals surface area contributed by atoms with Gasteiger partial charge in [0, 0.05) is 65.4 Å². The third kappa shape index (κ3) is 4.62. The predicted octanol–water partition coefficient (Wildman–Crippen LogP) is 0.863. The van der Waals surface area contributed by atoms with Crippen LogP contribution in [0.2, 0.25) is 0 Å². The van der Waals surface area contributed by atoms with E-state index in [-0.39, 0.29) is 12.5 Å². The first kappa shape index (κ1) is 20.0. The van der Waals surface area contributed by atoms with E-state index in [1.54, 1.807) is 19.0 Å². The molecule has 0 radical (unpaired) electrons. The van der Waals surface area contributed by atoms with Crippen molar-refractivity contribution < 1.29 is 9.53 Å². The van der Waals surface area contributed by atoms with Gasteiger partial charge < -0.3 is 19.9 Å². The quantitative estimate of drug-likeness (QED) is 0.557. The molecule has 7 nitrogen and oxygen atoms in total. The number of ether oxygens (including phenoxy) is 1. The minimum absolute atomic E-state index is 0.0455. The minimum atomic E-state index is 0.0455. The Bertz CT molecular complexity index is 567. The maximum Gasteiger partial charge on any atom is 0.243 e. The molecule has 4 atom stereocenters. The lowest BCUT2D eigenvalue weighted by atomic mass is 9.93. The van der Waals surface area contributed by atoms with E-state index in [4.69, 9.17) is 4.74 Å². The highest BCUT2D eigenvalue weighted by molar-refractivity contribution is 5.85. The van der Waals surface area contributed by atoms with Crippen LogP contribution in [0, 0.1) is 17.8 Å². The van der Waals surface area contributed by atoms with Crippen molar-refractivity contribution in [3.63, 3.8) is 0 Å². The van der Waals surface area contributed by atoms with Gasteiger partial charge in [-0.05, 0) is 37.5 Å². The number of hydrogen-bond donors (Lipinski definition) is 1. The molecule has 0 spiro atoms. The van der Waals surface area contributed by atoms with Crippen LogP contribution in [0.3, 0.4) is 0 Å².